The summed E-state index contributed by atoms with van der Waals surface area (Å²) in [4.78, 5) is 0.187. The highest BCUT2D eigenvalue weighted by Gasteiger charge is 2.31. The van der Waals surface area contributed by atoms with Gasteiger partial charge in [0.15, 0.2) is 0 Å². The predicted molar refractivity (Wildman–Crippen MR) is 86.2 cm³/mol. The minimum Gasteiger partial charge on any atom is -0.495 e. The predicted octanol–water partition coefficient (Wildman–Crippen LogP) is 3.50. The second kappa shape index (κ2) is 5.97. The third kappa shape index (κ3) is 5.32. The normalized spacial score (nSPS) is 13.3. The maximum atomic E-state index is 12.7. The van der Waals surface area contributed by atoms with Gasteiger partial charge in [-0.3, -0.25) is 0 Å². The van der Waals surface area contributed by atoms with E-state index in [1.807, 2.05) is 26.8 Å². The maximum absolute atomic E-state index is 12.7. The zero-order chi connectivity index (χ0) is 16.5. The molecule has 21 heavy (non-hydrogen) atoms. The van der Waals surface area contributed by atoms with Crippen molar-refractivity contribution < 1.29 is 13.2 Å². The van der Waals surface area contributed by atoms with Crippen LogP contribution >= 0.6 is 0 Å². The molecule has 0 radical (unpaired) electrons. The van der Waals surface area contributed by atoms with Crippen LogP contribution in [0.15, 0.2) is 23.1 Å². The van der Waals surface area contributed by atoms with Crippen molar-refractivity contribution in [1.29, 1.82) is 0 Å². The summed E-state index contributed by atoms with van der Waals surface area (Å²) in [6, 6.07) is 5.15. The van der Waals surface area contributed by atoms with Gasteiger partial charge in [0.25, 0.3) is 0 Å². The molecule has 0 aliphatic carbocycles. The average Bonchev–Trinajstić information content (AvgIpc) is 2.23. The number of rotatable bonds is 5. The van der Waals surface area contributed by atoms with Crippen LogP contribution in [0.3, 0.4) is 0 Å². The van der Waals surface area contributed by atoms with Gasteiger partial charge in [-0.15, -0.1) is 0 Å². The molecule has 0 amide bonds. The lowest BCUT2D eigenvalue weighted by Gasteiger charge is -2.33. The lowest BCUT2D eigenvalue weighted by molar-refractivity contribution is 0.269. The summed E-state index contributed by atoms with van der Waals surface area (Å²) in [5.74, 6) is 0.361. The molecule has 0 aliphatic heterocycles. The third-order valence-corrected chi connectivity index (χ3v) is 4.71. The van der Waals surface area contributed by atoms with Gasteiger partial charge in [0.05, 0.1) is 7.11 Å². The van der Waals surface area contributed by atoms with Gasteiger partial charge in [-0.25, -0.2) is 13.1 Å². The van der Waals surface area contributed by atoms with Gasteiger partial charge in [-0.05, 0) is 50.3 Å². The first-order valence-corrected chi connectivity index (χ1v) is 8.53. The van der Waals surface area contributed by atoms with Gasteiger partial charge in [0.2, 0.25) is 10.0 Å². The van der Waals surface area contributed by atoms with E-state index in [0.717, 1.165) is 12.0 Å². The number of aryl methyl sites for hydroxylation is 1. The summed E-state index contributed by atoms with van der Waals surface area (Å²) >= 11 is 0. The maximum Gasteiger partial charge on any atom is 0.244 e. The Kier molecular flexibility index (Phi) is 5.11. The third-order valence-electron chi connectivity index (χ3n) is 2.99. The molecule has 1 N–H and O–H groups in total. The number of benzene rings is 1. The van der Waals surface area contributed by atoms with Crippen molar-refractivity contribution in [2.75, 3.05) is 7.11 Å². The molecule has 4 nitrogen and oxygen atoms in total. The molecule has 0 atom stereocenters. The molecule has 1 aromatic carbocycles. The van der Waals surface area contributed by atoms with Crippen molar-refractivity contribution in [3.05, 3.63) is 23.8 Å². The first-order chi connectivity index (χ1) is 9.36. The molecule has 1 rings (SSSR count). The van der Waals surface area contributed by atoms with Crippen molar-refractivity contribution >= 4 is 10.0 Å². The van der Waals surface area contributed by atoms with Crippen molar-refractivity contribution in [3.63, 3.8) is 0 Å². The summed E-state index contributed by atoms with van der Waals surface area (Å²) in [6.45, 7) is 11.9. The standard InChI is InChI=1S/C16H27NO3S/c1-12-8-9-13(20-7)14(10-12)21(18,19)17-16(5,6)11-15(2,3)4/h8-10,17H,11H2,1-7H3. The number of hydrogen-bond donors (Lipinski definition) is 1. The highest BCUT2D eigenvalue weighted by atomic mass is 32.2. The SMILES string of the molecule is COc1ccc(C)cc1S(=O)(=O)NC(C)(C)CC(C)(C)C. The fourth-order valence-electron chi connectivity index (χ4n) is 2.77. The van der Waals surface area contributed by atoms with Crippen LogP contribution in [0.1, 0.15) is 46.6 Å². The molecule has 0 aromatic heterocycles. The van der Waals surface area contributed by atoms with E-state index in [-0.39, 0.29) is 10.3 Å². The second-order valence-electron chi connectivity index (χ2n) is 7.38. The zero-order valence-electron chi connectivity index (χ0n) is 14.1. The summed E-state index contributed by atoms with van der Waals surface area (Å²) in [5, 5.41) is 0. The van der Waals surface area contributed by atoms with Gasteiger partial charge in [-0.1, -0.05) is 26.8 Å². The average molecular weight is 313 g/mol. The van der Waals surface area contributed by atoms with Crippen LogP contribution in [0.25, 0.3) is 0 Å². The minimum absolute atomic E-state index is 0.0305. The number of nitrogens with one attached hydrogen (secondary N) is 1. The molecule has 0 spiro atoms. The van der Waals surface area contributed by atoms with E-state index in [2.05, 4.69) is 25.5 Å². The summed E-state index contributed by atoms with van der Waals surface area (Å²) in [5.41, 5.74) is 0.374. The van der Waals surface area contributed by atoms with E-state index in [0.29, 0.717) is 5.75 Å². The first kappa shape index (κ1) is 18.0. The van der Waals surface area contributed by atoms with E-state index < -0.39 is 15.6 Å². The molecule has 120 valence electrons. The minimum atomic E-state index is -3.63. The number of sulfonamides is 1. The Balaban J connectivity index is 3.15. The molecular formula is C16H27NO3S. The Hall–Kier alpha value is -1.07. The van der Waals surface area contributed by atoms with E-state index in [1.54, 1.807) is 12.1 Å². The molecule has 0 saturated carbocycles. The molecule has 0 saturated heterocycles. The van der Waals surface area contributed by atoms with Crippen LogP contribution in [-0.2, 0) is 10.0 Å². The van der Waals surface area contributed by atoms with Gasteiger partial charge in [0, 0.05) is 5.54 Å². The molecule has 0 unspecified atom stereocenters. The van der Waals surface area contributed by atoms with Crippen LogP contribution in [-0.4, -0.2) is 21.1 Å². The largest absolute Gasteiger partial charge is 0.495 e. The molecule has 0 aliphatic rings. The molecule has 1 aromatic rings. The monoisotopic (exact) mass is 313 g/mol. The fraction of sp³-hybridized carbons (Fsp3) is 0.625. The van der Waals surface area contributed by atoms with E-state index in [1.165, 1.54) is 7.11 Å². The summed E-state index contributed by atoms with van der Waals surface area (Å²) in [6.07, 6.45) is 0.730. The Bertz CT molecular complexity index is 598. The van der Waals surface area contributed by atoms with Gasteiger partial charge in [-0.2, -0.15) is 0 Å². The fourth-order valence-corrected chi connectivity index (χ4v) is 4.44. The summed E-state index contributed by atoms with van der Waals surface area (Å²) < 4.78 is 33.3. The van der Waals surface area contributed by atoms with Crippen molar-refractivity contribution in [3.8, 4) is 5.75 Å². The Morgan fingerprint density at radius 3 is 2.19 bits per heavy atom. The quantitative estimate of drug-likeness (QED) is 0.905. The first-order valence-electron chi connectivity index (χ1n) is 7.05. The van der Waals surface area contributed by atoms with E-state index >= 15 is 0 Å². The Morgan fingerprint density at radius 1 is 1.14 bits per heavy atom. The van der Waals surface area contributed by atoms with Crippen molar-refractivity contribution in [2.45, 2.75) is 58.4 Å². The van der Waals surface area contributed by atoms with Crippen LogP contribution in [0.5, 0.6) is 5.75 Å². The molecular weight excluding hydrogens is 286 g/mol. The van der Waals surface area contributed by atoms with Crippen molar-refractivity contribution in [2.24, 2.45) is 5.41 Å². The summed E-state index contributed by atoms with van der Waals surface area (Å²) in [7, 11) is -2.15. The topological polar surface area (TPSA) is 55.4 Å². The number of ether oxygens (including phenoxy) is 1. The Morgan fingerprint density at radius 2 is 1.71 bits per heavy atom. The number of methoxy groups -OCH3 is 1. The van der Waals surface area contributed by atoms with Crippen LogP contribution in [0.2, 0.25) is 0 Å². The molecule has 0 bridgehead atoms. The highest BCUT2D eigenvalue weighted by Crippen LogP contribution is 2.30. The number of hydrogen-bond acceptors (Lipinski definition) is 3. The van der Waals surface area contributed by atoms with Gasteiger partial charge >= 0.3 is 0 Å². The van der Waals surface area contributed by atoms with Crippen molar-refractivity contribution in [1.82, 2.24) is 4.72 Å². The molecule has 0 heterocycles. The second-order valence-corrected chi connectivity index (χ2v) is 9.03. The Labute approximate surface area is 129 Å². The zero-order valence-corrected chi connectivity index (χ0v) is 14.9. The van der Waals surface area contributed by atoms with Gasteiger partial charge < -0.3 is 4.74 Å². The molecule has 5 heteroatoms. The van der Waals surface area contributed by atoms with Crippen LogP contribution in [0, 0.1) is 12.3 Å². The highest BCUT2D eigenvalue weighted by molar-refractivity contribution is 7.89. The van der Waals surface area contributed by atoms with E-state index in [4.69, 9.17) is 4.74 Å². The van der Waals surface area contributed by atoms with E-state index in [9.17, 15) is 8.42 Å². The smallest absolute Gasteiger partial charge is 0.244 e. The molecule has 0 fully saturated rings. The van der Waals surface area contributed by atoms with Crippen LogP contribution in [0.4, 0.5) is 0 Å². The van der Waals surface area contributed by atoms with Gasteiger partial charge in [0.1, 0.15) is 10.6 Å². The lowest BCUT2D eigenvalue weighted by atomic mass is 9.82. The lowest BCUT2D eigenvalue weighted by Crippen LogP contribution is -2.45. The van der Waals surface area contributed by atoms with Crippen LogP contribution < -0.4 is 9.46 Å².